The van der Waals surface area contributed by atoms with E-state index in [-0.39, 0.29) is 5.54 Å². The number of nitrogens with one attached hydrogen (secondary N) is 1. The molecule has 1 saturated heterocycles. The number of halogens is 1. The van der Waals surface area contributed by atoms with Crippen LogP contribution in [0.4, 0.5) is 0 Å². The topological polar surface area (TPSA) is 15.3 Å². The van der Waals surface area contributed by atoms with Crippen LogP contribution in [0.2, 0.25) is 0 Å². The molecule has 0 aromatic heterocycles. The minimum Gasteiger partial charge on any atom is -0.305 e. The molecule has 1 aromatic rings. The quantitative estimate of drug-likeness (QED) is 0.907. The molecule has 1 aromatic carbocycles. The van der Waals surface area contributed by atoms with Crippen molar-refractivity contribution in [3.8, 4) is 0 Å². The second-order valence-electron chi connectivity index (χ2n) is 5.98. The summed E-state index contributed by atoms with van der Waals surface area (Å²) in [5, 5.41) is 3.83. The fraction of sp³-hybridized carbons (Fsp3) is 0.625. The molecule has 3 heteroatoms. The molecule has 1 N–H and O–H groups in total. The Morgan fingerprint density at radius 1 is 1.21 bits per heavy atom. The fourth-order valence-electron chi connectivity index (χ4n) is 2.85. The van der Waals surface area contributed by atoms with Gasteiger partial charge in [-0.2, -0.15) is 0 Å². The van der Waals surface area contributed by atoms with E-state index in [4.69, 9.17) is 0 Å². The van der Waals surface area contributed by atoms with Crippen LogP contribution in [-0.4, -0.2) is 30.6 Å². The molecule has 2 nitrogen and oxygen atoms in total. The average molecular weight is 325 g/mol. The number of rotatable bonds is 4. The van der Waals surface area contributed by atoms with E-state index in [2.05, 4.69) is 71.2 Å². The third-order valence-corrected chi connectivity index (χ3v) is 4.69. The van der Waals surface area contributed by atoms with Crippen molar-refractivity contribution in [3.63, 3.8) is 0 Å². The van der Waals surface area contributed by atoms with Crippen molar-refractivity contribution in [2.24, 2.45) is 0 Å². The molecule has 1 heterocycles. The van der Waals surface area contributed by atoms with Crippen LogP contribution in [0.25, 0.3) is 0 Å². The Morgan fingerprint density at radius 2 is 1.79 bits per heavy atom. The second kappa shape index (κ2) is 6.38. The average Bonchev–Trinajstić information content (AvgIpc) is 2.40. The van der Waals surface area contributed by atoms with Gasteiger partial charge in [0.2, 0.25) is 0 Å². The first-order valence-corrected chi connectivity index (χ1v) is 8.06. The molecular formula is C16H25BrN2. The molecule has 0 unspecified atom stereocenters. The van der Waals surface area contributed by atoms with Crippen molar-refractivity contribution < 1.29 is 0 Å². The summed E-state index contributed by atoms with van der Waals surface area (Å²) in [6.07, 6.45) is 2.52. The van der Waals surface area contributed by atoms with Gasteiger partial charge in [-0.25, -0.2) is 0 Å². The summed E-state index contributed by atoms with van der Waals surface area (Å²) in [6.45, 7) is 10.4. The Morgan fingerprint density at radius 3 is 2.32 bits per heavy atom. The number of benzene rings is 1. The Balaban J connectivity index is 1.95. The first-order valence-electron chi connectivity index (χ1n) is 7.27. The third-order valence-electron chi connectivity index (χ3n) is 4.17. The van der Waals surface area contributed by atoms with Gasteiger partial charge >= 0.3 is 0 Å². The van der Waals surface area contributed by atoms with Crippen LogP contribution in [0.15, 0.2) is 28.7 Å². The van der Waals surface area contributed by atoms with Gasteiger partial charge < -0.3 is 10.2 Å². The SMILES string of the molecule is CCN1CCC(NC(C)(C)c2ccc(Br)cc2)CC1. The molecule has 19 heavy (non-hydrogen) atoms. The molecule has 1 fully saturated rings. The highest BCUT2D eigenvalue weighted by atomic mass is 79.9. The molecule has 0 amide bonds. The highest BCUT2D eigenvalue weighted by Crippen LogP contribution is 2.24. The van der Waals surface area contributed by atoms with E-state index in [0.29, 0.717) is 6.04 Å². The van der Waals surface area contributed by atoms with E-state index in [1.54, 1.807) is 0 Å². The first-order chi connectivity index (χ1) is 9.01. The molecule has 0 saturated carbocycles. The zero-order valence-corrected chi connectivity index (χ0v) is 13.8. The lowest BCUT2D eigenvalue weighted by Gasteiger charge is -2.37. The maximum absolute atomic E-state index is 3.83. The van der Waals surface area contributed by atoms with Gasteiger partial charge in [-0.3, -0.25) is 0 Å². The summed E-state index contributed by atoms with van der Waals surface area (Å²) in [7, 11) is 0. The standard InChI is InChI=1S/C16H25BrN2/c1-4-19-11-9-15(10-12-19)18-16(2,3)13-5-7-14(17)8-6-13/h5-8,15,18H,4,9-12H2,1-3H3. The smallest absolute Gasteiger partial charge is 0.0379 e. The fourth-order valence-corrected chi connectivity index (χ4v) is 3.12. The van der Waals surface area contributed by atoms with Gasteiger partial charge in [-0.05, 0) is 64.0 Å². The summed E-state index contributed by atoms with van der Waals surface area (Å²) in [5.41, 5.74) is 1.40. The predicted octanol–water partition coefficient (Wildman–Crippen LogP) is 3.76. The number of hydrogen-bond acceptors (Lipinski definition) is 2. The molecule has 106 valence electrons. The number of nitrogens with zero attached hydrogens (tertiary/aromatic N) is 1. The number of piperidine rings is 1. The van der Waals surface area contributed by atoms with Gasteiger partial charge in [0.15, 0.2) is 0 Å². The molecule has 0 aliphatic carbocycles. The van der Waals surface area contributed by atoms with E-state index >= 15 is 0 Å². The lowest BCUT2D eigenvalue weighted by atomic mass is 9.91. The van der Waals surface area contributed by atoms with Gasteiger partial charge in [0.05, 0.1) is 0 Å². The van der Waals surface area contributed by atoms with Gasteiger partial charge in [0, 0.05) is 16.1 Å². The van der Waals surface area contributed by atoms with Crippen molar-refractivity contribution >= 4 is 15.9 Å². The number of likely N-dealkylation sites (tertiary alicyclic amines) is 1. The third kappa shape index (κ3) is 4.04. The van der Waals surface area contributed by atoms with E-state index < -0.39 is 0 Å². The number of hydrogen-bond donors (Lipinski definition) is 1. The van der Waals surface area contributed by atoms with E-state index in [1.165, 1.54) is 38.0 Å². The zero-order chi connectivity index (χ0) is 13.9. The van der Waals surface area contributed by atoms with Crippen molar-refractivity contribution in [1.82, 2.24) is 10.2 Å². The van der Waals surface area contributed by atoms with Gasteiger partial charge in [0.1, 0.15) is 0 Å². The van der Waals surface area contributed by atoms with E-state index in [9.17, 15) is 0 Å². The summed E-state index contributed by atoms with van der Waals surface area (Å²) >= 11 is 3.50. The van der Waals surface area contributed by atoms with Crippen LogP contribution in [0.3, 0.4) is 0 Å². The van der Waals surface area contributed by atoms with Crippen LogP contribution in [0.1, 0.15) is 39.2 Å². The first kappa shape index (κ1) is 15.0. The normalized spacial score (nSPS) is 18.7. The maximum atomic E-state index is 3.83. The van der Waals surface area contributed by atoms with Crippen LogP contribution >= 0.6 is 15.9 Å². The predicted molar refractivity (Wildman–Crippen MR) is 85.4 cm³/mol. The van der Waals surface area contributed by atoms with Crippen molar-refractivity contribution in [1.29, 1.82) is 0 Å². The van der Waals surface area contributed by atoms with Gasteiger partial charge in [-0.15, -0.1) is 0 Å². The minimum absolute atomic E-state index is 0.0414. The van der Waals surface area contributed by atoms with Crippen LogP contribution < -0.4 is 5.32 Å². The van der Waals surface area contributed by atoms with Gasteiger partial charge in [-0.1, -0.05) is 35.0 Å². The van der Waals surface area contributed by atoms with Crippen molar-refractivity contribution in [2.45, 2.75) is 45.2 Å². The molecule has 0 spiro atoms. The zero-order valence-electron chi connectivity index (χ0n) is 12.2. The molecule has 0 radical (unpaired) electrons. The summed E-state index contributed by atoms with van der Waals surface area (Å²) < 4.78 is 1.14. The Hall–Kier alpha value is -0.380. The van der Waals surface area contributed by atoms with Crippen molar-refractivity contribution in [3.05, 3.63) is 34.3 Å². The lowest BCUT2D eigenvalue weighted by molar-refractivity contribution is 0.184. The summed E-state index contributed by atoms with van der Waals surface area (Å²) in [4.78, 5) is 2.53. The second-order valence-corrected chi connectivity index (χ2v) is 6.90. The van der Waals surface area contributed by atoms with E-state index in [0.717, 1.165) is 4.47 Å². The van der Waals surface area contributed by atoms with Crippen molar-refractivity contribution in [2.75, 3.05) is 19.6 Å². The molecule has 1 aliphatic heterocycles. The molecule has 0 atom stereocenters. The molecule has 2 rings (SSSR count). The van der Waals surface area contributed by atoms with E-state index in [1.807, 2.05) is 0 Å². The highest BCUT2D eigenvalue weighted by Gasteiger charge is 2.26. The summed E-state index contributed by atoms with van der Waals surface area (Å²) in [6, 6.07) is 9.30. The molecule has 0 bridgehead atoms. The largest absolute Gasteiger partial charge is 0.305 e. The Bertz CT molecular complexity index is 392. The lowest BCUT2D eigenvalue weighted by Crippen LogP contribution is -2.49. The molecular weight excluding hydrogens is 300 g/mol. The summed E-state index contributed by atoms with van der Waals surface area (Å²) in [5.74, 6) is 0. The maximum Gasteiger partial charge on any atom is 0.0379 e. The van der Waals surface area contributed by atoms with Crippen LogP contribution in [0.5, 0.6) is 0 Å². The van der Waals surface area contributed by atoms with Crippen LogP contribution in [-0.2, 0) is 5.54 Å². The monoisotopic (exact) mass is 324 g/mol. The Kier molecular flexibility index (Phi) is 5.04. The Labute approximate surface area is 125 Å². The molecule has 1 aliphatic rings. The van der Waals surface area contributed by atoms with Crippen LogP contribution in [0, 0.1) is 0 Å². The minimum atomic E-state index is 0.0414. The van der Waals surface area contributed by atoms with Gasteiger partial charge in [0.25, 0.3) is 0 Å². The highest BCUT2D eigenvalue weighted by molar-refractivity contribution is 9.10.